The van der Waals surface area contributed by atoms with Crippen molar-refractivity contribution in [1.29, 1.82) is 0 Å². The summed E-state index contributed by atoms with van der Waals surface area (Å²) in [6.45, 7) is 8.93. The third-order valence-corrected chi connectivity index (χ3v) is 7.97. The van der Waals surface area contributed by atoms with Crippen LogP contribution in [0, 0.1) is 0 Å². The number of hydrogen-bond acceptors (Lipinski definition) is 5. The van der Waals surface area contributed by atoms with Gasteiger partial charge in [0.05, 0.1) is 22.5 Å². The first kappa shape index (κ1) is 25.2. The van der Waals surface area contributed by atoms with E-state index in [1.807, 2.05) is 19.9 Å². The van der Waals surface area contributed by atoms with Crippen LogP contribution in [-0.4, -0.2) is 71.7 Å². The van der Waals surface area contributed by atoms with Crippen LogP contribution in [0.3, 0.4) is 0 Å². The lowest BCUT2D eigenvalue weighted by Crippen LogP contribution is -2.40. The highest BCUT2D eigenvalue weighted by atomic mass is 32.2. The summed E-state index contributed by atoms with van der Waals surface area (Å²) < 4.78 is 29.5. The van der Waals surface area contributed by atoms with Crippen LogP contribution in [0.4, 0.5) is 0 Å². The topological polar surface area (TPSA) is 105 Å². The molecule has 2 amide bonds. The molecule has 0 unspecified atom stereocenters. The minimum absolute atomic E-state index is 0.0103. The number of carbonyl (C=O) groups excluding carboxylic acids is 2. The number of nitrogens with zero attached hydrogens (tertiary/aromatic N) is 4. The predicted molar refractivity (Wildman–Crippen MR) is 127 cm³/mol. The van der Waals surface area contributed by atoms with Crippen molar-refractivity contribution >= 4 is 32.9 Å². The number of rotatable bonds is 11. The van der Waals surface area contributed by atoms with Gasteiger partial charge >= 0.3 is 0 Å². The second-order valence-electron chi connectivity index (χ2n) is 8.28. The number of sulfonamides is 1. The van der Waals surface area contributed by atoms with Crippen molar-refractivity contribution < 1.29 is 18.0 Å². The van der Waals surface area contributed by atoms with Crippen LogP contribution >= 0.6 is 0 Å². The van der Waals surface area contributed by atoms with E-state index in [4.69, 9.17) is 0 Å². The van der Waals surface area contributed by atoms with Crippen LogP contribution in [0.5, 0.6) is 0 Å². The second-order valence-corrected chi connectivity index (χ2v) is 10.2. The summed E-state index contributed by atoms with van der Waals surface area (Å²) in [5.74, 6) is 0.439. The zero-order valence-electron chi connectivity index (χ0n) is 19.8. The number of likely N-dealkylation sites (N-methyl/N-ethyl adjacent to an activating group) is 1. The molecular weight excluding hydrogens is 442 g/mol. The highest BCUT2D eigenvalue weighted by molar-refractivity contribution is 7.89. The number of hydrogen-bond donors (Lipinski definition) is 1. The molecule has 1 saturated heterocycles. The molecule has 0 bridgehead atoms. The van der Waals surface area contributed by atoms with E-state index in [-0.39, 0.29) is 29.7 Å². The van der Waals surface area contributed by atoms with Gasteiger partial charge in [0, 0.05) is 45.6 Å². The summed E-state index contributed by atoms with van der Waals surface area (Å²) in [6.07, 6.45) is 3.28. The Morgan fingerprint density at radius 3 is 2.45 bits per heavy atom. The van der Waals surface area contributed by atoms with Gasteiger partial charge in [-0.05, 0) is 51.3 Å². The summed E-state index contributed by atoms with van der Waals surface area (Å²) in [4.78, 5) is 31.0. The van der Waals surface area contributed by atoms with Gasteiger partial charge in [-0.3, -0.25) is 9.59 Å². The van der Waals surface area contributed by atoms with Crippen LogP contribution in [0.15, 0.2) is 23.1 Å². The molecule has 0 saturated carbocycles. The highest BCUT2D eigenvalue weighted by Crippen LogP contribution is 2.25. The smallest absolute Gasteiger partial charge is 0.243 e. The first-order valence-electron chi connectivity index (χ1n) is 11.9. The number of nitrogens with one attached hydrogen (secondary N) is 1. The number of carbonyl (C=O) groups is 2. The zero-order chi connectivity index (χ0) is 24.0. The average Bonchev–Trinajstić information content (AvgIpc) is 3.46. The molecule has 1 aromatic heterocycles. The Labute approximate surface area is 196 Å². The molecule has 9 nitrogen and oxygen atoms in total. The van der Waals surface area contributed by atoms with Crippen LogP contribution < -0.4 is 5.32 Å². The maximum absolute atomic E-state index is 12.9. The molecule has 1 aromatic carbocycles. The maximum Gasteiger partial charge on any atom is 0.243 e. The molecule has 0 radical (unpaired) electrons. The van der Waals surface area contributed by atoms with E-state index in [9.17, 15) is 18.0 Å². The molecule has 0 spiro atoms. The summed E-state index contributed by atoms with van der Waals surface area (Å²) >= 11 is 0. The van der Waals surface area contributed by atoms with Crippen molar-refractivity contribution in [2.45, 2.75) is 64.3 Å². The van der Waals surface area contributed by atoms with Gasteiger partial charge in [0.2, 0.25) is 21.8 Å². The van der Waals surface area contributed by atoms with Crippen LogP contribution in [0.1, 0.15) is 52.3 Å². The molecule has 1 aliphatic heterocycles. The molecule has 0 atom stereocenters. The van der Waals surface area contributed by atoms with E-state index in [2.05, 4.69) is 21.8 Å². The van der Waals surface area contributed by atoms with E-state index < -0.39 is 10.0 Å². The SMILES string of the molecule is CCCn1c(CCC(=O)NCC(=O)N(CC)CC)nc2cc(S(=O)(=O)N3CCCC3)ccc21. The zero-order valence-corrected chi connectivity index (χ0v) is 20.7. The Balaban J connectivity index is 1.73. The third kappa shape index (κ3) is 5.73. The monoisotopic (exact) mass is 477 g/mol. The Bertz CT molecular complexity index is 1090. The third-order valence-electron chi connectivity index (χ3n) is 6.08. The van der Waals surface area contributed by atoms with Gasteiger partial charge in [-0.15, -0.1) is 0 Å². The molecular formula is C23H35N5O4S. The summed E-state index contributed by atoms with van der Waals surface area (Å²) in [5, 5.41) is 2.70. The molecule has 2 aromatic rings. The van der Waals surface area contributed by atoms with Gasteiger partial charge in [0.15, 0.2) is 0 Å². The number of fused-ring (bicyclic) bond motifs is 1. The van der Waals surface area contributed by atoms with Crippen LogP contribution in [0.25, 0.3) is 11.0 Å². The number of imidazole rings is 1. The lowest BCUT2D eigenvalue weighted by Gasteiger charge is -2.18. The summed E-state index contributed by atoms with van der Waals surface area (Å²) in [5.41, 5.74) is 1.49. The van der Waals surface area contributed by atoms with Gasteiger partial charge in [-0.25, -0.2) is 13.4 Å². The number of benzene rings is 1. The summed E-state index contributed by atoms with van der Waals surface area (Å²) in [7, 11) is -3.51. The Hall–Kier alpha value is -2.46. The average molecular weight is 478 g/mol. The molecule has 10 heteroatoms. The van der Waals surface area contributed by atoms with Crippen molar-refractivity contribution in [1.82, 2.24) is 24.1 Å². The predicted octanol–water partition coefficient (Wildman–Crippen LogP) is 2.15. The van der Waals surface area contributed by atoms with Crippen molar-refractivity contribution in [3.05, 3.63) is 24.0 Å². The molecule has 1 N–H and O–H groups in total. The lowest BCUT2D eigenvalue weighted by atomic mass is 10.2. The van der Waals surface area contributed by atoms with Gasteiger partial charge in [0.1, 0.15) is 5.82 Å². The first-order valence-corrected chi connectivity index (χ1v) is 13.3. The van der Waals surface area contributed by atoms with E-state index in [0.29, 0.717) is 38.1 Å². The molecule has 0 aliphatic carbocycles. The molecule has 1 fully saturated rings. The van der Waals surface area contributed by atoms with Gasteiger partial charge in [-0.2, -0.15) is 4.31 Å². The maximum atomic E-state index is 12.9. The molecule has 2 heterocycles. The standard InChI is InChI=1S/C23H35N5O4S/c1-4-13-28-20-10-9-18(33(31,32)27-14-7-8-15-27)16-19(20)25-21(28)11-12-22(29)24-17-23(30)26(5-2)6-3/h9-10,16H,4-8,11-15,17H2,1-3H3,(H,24,29). The fraction of sp³-hybridized carbons (Fsp3) is 0.609. The van der Waals surface area contributed by atoms with Crippen LogP contribution in [-0.2, 0) is 32.6 Å². The van der Waals surface area contributed by atoms with Crippen molar-refractivity contribution in [3.8, 4) is 0 Å². The van der Waals surface area contributed by atoms with E-state index >= 15 is 0 Å². The van der Waals surface area contributed by atoms with Gasteiger partial charge < -0.3 is 14.8 Å². The van der Waals surface area contributed by atoms with Crippen LogP contribution in [0.2, 0.25) is 0 Å². The van der Waals surface area contributed by atoms with Crippen molar-refractivity contribution in [2.75, 3.05) is 32.7 Å². The Morgan fingerprint density at radius 1 is 1.12 bits per heavy atom. The Morgan fingerprint density at radius 2 is 1.82 bits per heavy atom. The summed E-state index contributed by atoms with van der Waals surface area (Å²) in [6, 6.07) is 5.11. The second kappa shape index (κ2) is 11.1. The fourth-order valence-electron chi connectivity index (χ4n) is 4.24. The largest absolute Gasteiger partial charge is 0.347 e. The Kier molecular flexibility index (Phi) is 8.47. The number of amides is 2. The van der Waals surface area contributed by atoms with Crippen molar-refractivity contribution in [3.63, 3.8) is 0 Å². The normalized spacial score (nSPS) is 14.6. The molecule has 182 valence electrons. The fourth-order valence-corrected chi connectivity index (χ4v) is 5.78. The highest BCUT2D eigenvalue weighted by Gasteiger charge is 2.28. The quantitative estimate of drug-likeness (QED) is 0.534. The van der Waals surface area contributed by atoms with Crippen molar-refractivity contribution in [2.24, 2.45) is 0 Å². The lowest BCUT2D eigenvalue weighted by molar-refractivity contribution is -0.132. The van der Waals surface area contributed by atoms with Gasteiger partial charge in [0.25, 0.3) is 0 Å². The number of aryl methyl sites for hydroxylation is 2. The number of aromatic nitrogens is 2. The van der Waals surface area contributed by atoms with E-state index in [1.165, 1.54) is 4.31 Å². The van der Waals surface area contributed by atoms with E-state index in [1.54, 1.807) is 17.0 Å². The molecule has 3 rings (SSSR count). The van der Waals surface area contributed by atoms with Gasteiger partial charge in [-0.1, -0.05) is 6.92 Å². The first-order chi connectivity index (χ1) is 15.8. The molecule has 1 aliphatic rings. The molecule has 33 heavy (non-hydrogen) atoms. The minimum Gasteiger partial charge on any atom is -0.347 e. The van der Waals surface area contributed by atoms with E-state index in [0.717, 1.165) is 37.1 Å². The minimum atomic E-state index is -3.51.